The van der Waals surface area contributed by atoms with Crippen molar-refractivity contribution in [2.75, 3.05) is 45.8 Å². The lowest BCUT2D eigenvalue weighted by atomic mass is 10.1. The highest BCUT2D eigenvalue weighted by atomic mass is 16.2. The lowest BCUT2D eigenvalue weighted by molar-refractivity contribution is -0.122. The van der Waals surface area contributed by atoms with E-state index in [-0.39, 0.29) is 5.91 Å². The number of benzene rings is 1. The molecule has 0 bridgehead atoms. The molecule has 0 radical (unpaired) electrons. The summed E-state index contributed by atoms with van der Waals surface area (Å²) in [6.45, 7) is 12.2. The second-order valence-corrected chi connectivity index (χ2v) is 8.09. The molecule has 0 spiro atoms. The lowest BCUT2D eigenvalue weighted by Crippen LogP contribution is -2.54. The fourth-order valence-corrected chi connectivity index (χ4v) is 3.75. The van der Waals surface area contributed by atoms with Gasteiger partial charge in [-0.3, -0.25) is 14.7 Å². The third-order valence-electron chi connectivity index (χ3n) is 5.26. The first-order valence-corrected chi connectivity index (χ1v) is 10.7. The molecule has 6 nitrogen and oxygen atoms in total. The molecule has 1 heterocycles. The molecule has 3 rings (SSSR count). The van der Waals surface area contributed by atoms with Crippen LogP contribution in [-0.4, -0.2) is 73.5 Å². The van der Waals surface area contributed by atoms with Gasteiger partial charge in [-0.25, -0.2) is 0 Å². The van der Waals surface area contributed by atoms with Crippen molar-refractivity contribution in [2.24, 2.45) is 4.99 Å². The summed E-state index contributed by atoms with van der Waals surface area (Å²) >= 11 is 0. The number of aryl methyl sites for hydroxylation is 2. The van der Waals surface area contributed by atoms with Crippen molar-refractivity contribution in [1.29, 1.82) is 0 Å². The number of hydrogen-bond acceptors (Lipinski definition) is 3. The summed E-state index contributed by atoms with van der Waals surface area (Å²) < 4.78 is 0. The van der Waals surface area contributed by atoms with Crippen LogP contribution in [0.2, 0.25) is 0 Å². The summed E-state index contributed by atoms with van der Waals surface area (Å²) in [6.07, 6.45) is 3.24. The maximum atomic E-state index is 12.0. The standard InChI is InChI=1S/C22H35N5O/c1-4-23-22(24-8-7-19-14-17(2)13-18(3)15-19)27-11-9-26(10-12-27)16-21(28)25-20-5-6-20/h13-15,20H,4-12,16H2,1-3H3,(H,23,24)(H,25,28). The Labute approximate surface area is 169 Å². The van der Waals surface area contributed by atoms with Crippen LogP contribution in [-0.2, 0) is 11.2 Å². The minimum atomic E-state index is 0.171. The predicted molar refractivity (Wildman–Crippen MR) is 115 cm³/mol. The summed E-state index contributed by atoms with van der Waals surface area (Å²) in [4.78, 5) is 21.4. The topological polar surface area (TPSA) is 60.0 Å². The molecule has 1 aromatic carbocycles. The molecule has 1 aliphatic heterocycles. The van der Waals surface area contributed by atoms with E-state index in [1.54, 1.807) is 0 Å². The van der Waals surface area contributed by atoms with Crippen molar-refractivity contribution in [1.82, 2.24) is 20.4 Å². The summed E-state index contributed by atoms with van der Waals surface area (Å²) in [6, 6.07) is 7.15. The molecule has 2 fully saturated rings. The Kier molecular flexibility index (Phi) is 7.31. The zero-order valence-electron chi connectivity index (χ0n) is 17.6. The van der Waals surface area contributed by atoms with Crippen LogP contribution in [0.4, 0.5) is 0 Å². The Morgan fingerprint density at radius 3 is 2.39 bits per heavy atom. The van der Waals surface area contributed by atoms with E-state index in [1.807, 2.05) is 0 Å². The van der Waals surface area contributed by atoms with Gasteiger partial charge in [0, 0.05) is 45.3 Å². The van der Waals surface area contributed by atoms with E-state index < -0.39 is 0 Å². The molecule has 1 aliphatic carbocycles. The Morgan fingerprint density at radius 1 is 1.11 bits per heavy atom. The molecule has 2 N–H and O–H groups in total. The van der Waals surface area contributed by atoms with Gasteiger partial charge in [0.05, 0.1) is 6.54 Å². The number of guanidine groups is 1. The molecule has 1 aromatic rings. The van der Waals surface area contributed by atoms with E-state index >= 15 is 0 Å². The quantitative estimate of drug-likeness (QED) is 0.554. The third kappa shape index (κ3) is 6.51. The number of piperazine rings is 1. The number of nitrogens with one attached hydrogen (secondary N) is 2. The van der Waals surface area contributed by atoms with Crippen molar-refractivity contribution < 1.29 is 4.79 Å². The highest BCUT2D eigenvalue weighted by Crippen LogP contribution is 2.18. The minimum Gasteiger partial charge on any atom is -0.357 e. The van der Waals surface area contributed by atoms with Crippen molar-refractivity contribution in [2.45, 2.75) is 46.1 Å². The molecule has 1 amide bonds. The molecular formula is C22H35N5O. The van der Waals surface area contributed by atoms with Gasteiger partial charge in [-0.1, -0.05) is 29.3 Å². The summed E-state index contributed by atoms with van der Waals surface area (Å²) in [5, 5.41) is 6.51. The van der Waals surface area contributed by atoms with Crippen molar-refractivity contribution >= 4 is 11.9 Å². The molecule has 1 saturated heterocycles. The largest absolute Gasteiger partial charge is 0.357 e. The van der Waals surface area contributed by atoms with Crippen LogP contribution in [0.3, 0.4) is 0 Å². The van der Waals surface area contributed by atoms with Crippen LogP contribution < -0.4 is 10.6 Å². The van der Waals surface area contributed by atoms with Crippen LogP contribution in [0.5, 0.6) is 0 Å². The van der Waals surface area contributed by atoms with Gasteiger partial charge in [0.1, 0.15) is 0 Å². The number of nitrogens with zero attached hydrogens (tertiary/aromatic N) is 3. The molecule has 1 saturated carbocycles. The maximum Gasteiger partial charge on any atom is 0.234 e. The van der Waals surface area contributed by atoms with Gasteiger partial charge >= 0.3 is 0 Å². The van der Waals surface area contributed by atoms with E-state index in [0.717, 1.165) is 64.5 Å². The molecular weight excluding hydrogens is 350 g/mol. The van der Waals surface area contributed by atoms with Crippen LogP contribution in [0.1, 0.15) is 36.5 Å². The maximum absolute atomic E-state index is 12.0. The normalized spacial score (nSPS) is 18.2. The Morgan fingerprint density at radius 2 is 1.79 bits per heavy atom. The van der Waals surface area contributed by atoms with Crippen molar-refractivity contribution in [3.63, 3.8) is 0 Å². The average molecular weight is 386 g/mol. The number of aliphatic imine (C=N–C) groups is 1. The molecule has 28 heavy (non-hydrogen) atoms. The van der Waals surface area contributed by atoms with Crippen molar-refractivity contribution in [3.05, 3.63) is 34.9 Å². The van der Waals surface area contributed by atoms with Gasteiger partial charge in [0.25, 0.3) is 0 Å². The zero-order chi connectivity index (χ0) is 19.9. The first-order valence-electron chi connectivity index (χ1n) is 10.7. The van der Waals surface area contributed by atoms with Crippen LogP contribution in [0, 0.1) is 13.8 Å². The van der Waals surface area contributed by atoms with Gasteiger partial charge in [0.15, 0.2) is 5.96 Å². The smallest absolute Gasteiger partial charge is 0.234 e. The van der Waals surface area contributed by atoms with Crippen LogP contribution in [0.15, 0.2) is 23.2 Å². The SMILES string of the molecule is CCNC(=NCCc1cc(C)cc(C)c1)N1CCN(CC(=O)NC2CC2)CC1. The highest BCUT2D eigenvalue weighted by Gasteiger charge is 2.25. The Balaban J connectivity index is 1.47. The van der Waals surface area contributed by atoms with Crippen LogP contribution >= 0.6 is 0 Å². The van der Waals surface area contributed by atoms with Gasteiger partial charge < -0.3 is 15.5 Å². The van der Waals surface area contributed by atoms with E-state index in [1.165, 1.54) is 16.7 Å². The van der Waals surface area contributed by atoms with Gasteiger partial charge in [-0.2, -0.15) is 0 Å². The molecule has 0 unspecified atom stereocenters. The van der Waals surface area contributed by atoms with E-state index in [4.69, 9.17) is 4.99 Å². The number of carbonyl (C=O) groups excluding carboxylic acids is 1. The fourth-order valence-electron chi connectivity index (χ4n) is 3.75. The lowest BCUT2D eigenvalue weighted by Gasteiger charge is -2.36. The molecule has 2 aliphatic rings. The zero-order valence-corrected chi connectivity index (χ0v) is 17.6. The van der Waals surface area contributed by atoms with Crippen molar-refractivity contribution in [3.8, 4) is 0 Å². The van der Waals surface area contributed by atoms with E-state index in [2.05, 4.69) is 59.4 Å². The first kappa shape index (κ1) is 20.6. The molecule has 0 atom stereocenters. The Bertz CT molecular complexity index is 670. The monoisotopic (exact) mass is 385 g/mol. The number of carbonyl (C=O) groups is 1. The minimum absolute atomic E-state index is 0.171. The first-order chi connectivity index (χ1) is 13.5. The Hall–Kier alpha value is -2.08. The predicted octanol–water partition coefficient (Wildman–Crippen LogP) is 1.71. The van der Waals surface area contributed by atoms with E-state index in [0.29, 0.717) is 12.6 Å². The average Bonchev–Trinajstić information content (AvgIpc) is 3.45. The third-order valence-corrected chi connectivity index (χ3v) is 5.26. The molecule has 0 aromatic heterocycles. The summed E-state index contributed by atoms with van der Waals surface area (Å²) in [7, 11) is 0. The van der Waals surface area contributed by atoms with Gasteiger partial charge in [-0.15, -0.1) is 0 Å². The van der Waals surface area contributed by atoms with E-state index in [9.17, 15) is 4.79 Å². The number of amides is 1. The second kappa shape index (κ2) is 9.92. The summed E-state index contributed by atoms with van der Waals surface area (Å²) in [5.74, 6) is 1.17. The second-order valence-electron chi connectivity index (χ2n) is 8.09. The highest BCUT2D eigenvalue weighted by molar-refractivity contribution is 5.80. The fraction of sp³-hybridized carbons (Fsp3) is 0.636. The molecule has 154 valence electrons. The summed E-state index contributed by atoms with van der Waals surface area (Å²) in [5.41, 5.74) is 3.98. The molecule has 6 heteroatoms. The van der Waals surface area contributed by atoms with Gasteiger partial charge in [0.2, 0.25) is 5.91 Å². The number of hydrogen-bond donors (Lipinski definition) is 2. The van der Waals surface area contributed by atoms with Gasteiger partial charge in [-0.05, 0) is 45.6 Å². The number of rotatable bonds is 7. The van der Waals surface area contributed by atoms with Crippen LogP contribution in [0.25, 0.3) is 0 Å².